The highest BCUT2D eigenvalue weighted by Crippen LogP contribution is 2.43. The van der Waals surface area contributed by atoms with Gasteiger partial charge < -0.3 is 4.57 Å². The molecule has 0 aliphatic carbocycles. The molecule has 8 aromatic carbocycles. The smallest absolute Gasteiger partial charge is 0.160 e. The number of nitrogens with zero attached hydrogens (tertiary/aromatic N) is 4. The molecule has 0 unspecified atom stereocenters. The topological polar surface area (TPSA) is 43.6 Å². The highest BCUT2D eigenvalue weighted by molar-refractivity contribution is 6.28. The largest absolute Gasteiger partial charge is 0.309 e. The first-order chi connectivity index (χ1) is 27.3. The summed E-state index contributed by atoms with van der Waals surface area (Å²) in [5.41, 5.74) is 12.6. The van der Waals surface area contributed by atoms with Gasteiger partial charge in [0.25, 0.3) is 0 Å². The third-order valence-electron chi connectivity index (χ3n) is 10.8. The van der Waals surface area contributed by atoms with E-state index in [0.29, 0.717) is 5.82 Å². The number of rotatable bonds is 5. The molecule has 0 radical (unpaired) electrons. The van der Waals surface area contributed by atoms with Gasteiger partial charge in [-0.15, -0.1) is 0 Å². The summed E-state index contributed by atoms with van der Waals surface area (Å²) in [5.74, 6) is 0.692. The maximum atomic E-state index is 5.40. The van der Waals surface area contributed by atoms with Crippen LogP contribution in [0.2, 0.25) is 0 Å². The van der Waals surface area contributed by atoms with E-state index in [-0.39, 0.29) is 0 Å². The van der Waals surface area contributed by atoms with Gasteiger partial charge in [-0.1, -0.05) is 158 Å². The first-order valence-electron chi connectivity index (χ1n) is 18.6. The van der Waals surface area contributed by atoms with E-state index in [2.05, 4.69) is 187 Å². The highest BCUT2D eigenvalue weighted by atomic mass is 15.0. The first kappa shape index (κ1) is 31.1. The molecule has 0 fully saturated rings. The Bertz CT molecular complexity index is 3220. The van der Waals surface area contributed by atoms with Gasteiger partial charge in [0.15, 0.2) is 5.82 Å². The Balaban J connectivity index is 1.09. The number of hydrogen-bond donors (Lipinski definition) is 0. The quantitative estimate of drug-likeness (QED) is 0.168. The first-order valence-corrected chi connectivity index (χ1v) is 18.6. The Labute approximate surface area is 317 Å². The number of fused-ring (bicyclic) bond motifs is 8. The van der Waals surface area contributed by atoms with E-state index in [1.165, 1.54) is 32.8 Å². The number of pyridine rings is 1. The Hall–Kier alpha value is -7.43. The molecule has 0 atom stereocenters. The molecule has 0 bridgehead atoms. The zero-order valence-electron chi connectivity index (χ0n) is 29.8. The van der Waals surface area contributed by atoms with Crippen molar-refractivity contribution in [3.63, 3.8) is 0 Å². The van der Waals surface area contributed by atoms with Crippen LogP contribution in [0.3, 0.4) is 0 Å². The van der Waals surface area contributed by atoms with Crippen LogP contribution in [0.4, 0.5) is 0 Å². The molecular weight excluding hydrogens is 669 g/mol. The predicted octanol–water partition coefficient (Wildman–Crippen LogP) is 13.1. The lowest BCUT2D eigenvalue weighted by atomic mass is 9.95. The number of hydrogen-bond acceptors (Lipinski definition) is 3. The fourth-order valence-corrected chi connectivity index (χ4v) is 8.22. The monoisotopic (exact) mass is 700 g/mol. The van der Waals surface area contributed by atoms with Crippen molar-refractivity contribution in [2.45, 2.75) is 0 Å². The fraction of sp³-hybridized carbons (Fsp3) is 0. The van der Waals surface area contributed by atoms with Crippen LogP contribution >= 0.6 is 0 Å². The Morgan fingerprint density at radius 1 is 0.291 bits per heavy atom. The molecule has 0 saturated carbocycles. The summed E-state index contributed by atoms with van der Waals surface area (Å²) in [7, 11) is 0. The normalized spacial score (nSPS) is 11.6. The number of benzene rings is 8. The summed E-state index contributed by atoms with van der Waals surface area (Å²) in [6.07, 6.45) is 0. The molecule has 0 amide bonds. The molecular formula is C51H32N4. The summed E-state index contributed by atoms with van der Waals surface area (Å²) in [6.45, 7) is 0. The van der Waals surface area contributed by atoms with Crippen molar-refractivity contribution >= 4 is 54.4 Å². The summed E-state index contributed by atoms with van der Waals surface area (Å²) in [6, 6.07) is 68.4. The van der Waals surface area contributed by atoms with E-state index in [0.717, 1.165) is 66.5 Å². The molecule has 0 aliphatic rings. The zero-order valence-corrected chi connectivity index (χ0v) is 29.8. The van der Waals surface area contributed by atoms with Gasteiger partial charge in [-0.3, -0.25) is 0 Å². The predicted molar refractivity (Wildman–Crippen MR) is 228 cm³/mol. The van der Waals surface area contributed by atoms with Gasteiger partial charge in [0.1, 0.15) is 0 Å². The van der Waals surface area contributed by atoms with Crippen molar-refractivity contribution < 1.29 is 0 Å². The molecule has 0 N–H and O–H groups in total. The second-order valence-corrected chi connectivity index (χ2v) is 14.0. The van der Waals surface area contributed by atoms with E-state index in [9.17, 15) is 0 Å². The molecule has 4 heteroatoms. The van der Waals surface area contributed by atoms with Crippen LogP contribution in [0.1, 0.15) is 0 Å². The summed E-state index contributed by atoms with van der Waals surface area (Å²) < 4.78 is 2.37. The lowest BCUT2D eigenvalue weighted by Gasteiger charge is -2.13. The van der Waals surface area contributed by atoms with Crippen LogP contribution in [-0.4, -0.2) is 19.5 Å². The third-order valence-corrected chi connectivity index (χ3v) is 10.8. The number of aromatic nitrogens is 4. The molecule has 3 aromatic heterocycles. The van der Waals surface area contributed by atoms with E-state index >= 15 is 0 Å². The van der Waals surface area contributed by atoms with Crippen LogP contribution in [0, 0.1) is 0 Å². The van der Waals surface area contributed by atoms with Gasteiger partial charge in [0.05, 0.1) is 33.5 Å². The van der Waals surface area contributed by atoms with Gasteiger partial charge in [0, 0.05) is 49.3 Å². The molecule has 3 heterocycles. The van der Waals surface area contributed by atoms with Crippen molar-refractivity contribution in [3.05, 3.63) is 194 Å². The minimum atomic E-state index is 0.692. The lowest BCUT2D eigenvalue weighted by molar-refractivity contribution is 1.18. The maximum Gasteiger partial charge on any atom is 0.160 e. The second kappa shape index (κ2) is 12.6. The molecule has 0 spiro atoms. The molecule has 55 heavy (non-hydrogen) atoms. The van der Waals surface area contributed by atoms with E-state index in [1.807, 2.05) is 12.1 Å². The Morgan fingerprint density at radius 3 is 1.58 bits per heavy atom. The van der Waals surface area contributed by atoms with E-state index in [4.69, 9.17) is 15.0 Å². The average Bonchev–Trinajstić information content (AvgIpc) is 3.61. The second-order valence-electron chi connectivity index (χ2n) is 14.0. The van der Waals surface area contributed by atoms with Gasteiger partial charge in [0.2, 0.25) is 0 Å². The van der Waals surface area contributed by atoms with Gasteiger partial charge in [-0.2, -0.15) is 0 Å². The van der Waals surface area contributed by atoms with Crippen LogP contribution in [0.25, 0.3) is 105 Å². The summed E-state index contributed by atoms with van der Waals surface area (Å²) >= 11 is 0. The maximum absolute atomic E-state index is 5.40. The van der Waals surface area contributed by atoms with Gasteiger partial charge in [-0.25, -0.2) is 15.0 Å². The van der Waals surface area contributed by atoms with Crippen LogP contribution in [0.5, 0.6) is 0 Å². The minimum Gasteiger partial charge on any atom is -0.309 e. The van der Waals surface area contributed by atoms with Crippen LogP contribution < -0.4 is 0 Å². The van der Waals surface area contributed by atoms with Crippen molar-refractivity contribution in [2.75, 3.05) is 0 Å². The molecule has 11 aromatic rings. The van der Waals surface area contributed by atoms with Crippen molar-refractivity contribution in [1.29, 1.82) is 0 Å². The fourth-order valence-electron chi connectivity index (χ4n) is 8.22. The minimum absolute atomic E-state index is 0.692. The van der Waals surface area contributed by atoms with Crippen molar-refractivity contribution in [1.82, 2.24) is 19.5 Å². The molecule has 4 nitrogen and oxygen atoms in total. The molecule has 256 valence electrons. The molecule has 0 saturated heterocycles. The third kappa shape index (κ3) is 5.11. The number of para-hydroxylation sites is 4. The summed E-state index contributed by atoms with van der Waals surface area (Å²) in [4.78, 5) is 15.7. The van der Waals surface area contributed by atoms with Gasteiger partial charge in [-0.05, 0) is 52.9 Å². The SMILES string of the molecule is c1ccc(-c2ccc(-c3nc(-c4ccc(-c5nc6ccccc6c6ccc7c(c8ccccc8n7-c7ccccc7)c56)cc4)nc4ccccc34)cc2)cc1. The van der Waals surface area contributed by atoms with Crippen molar-refractivity contribution in [2.24, 2.45) is 0 Å². The van der Waals surface area contributed by atoms with E-state index in [1.54, 1.807) is 0 Å². The highest BCUT2D eigenvalue weighted by Gasteiger charge is 2.20. The molecule has 11 rings (SSSR count). The Kier molecular flexibility index (Phi) is 7.14. The summed E-state index contributed by atoms with van der Waals surface area (Å²) in [5, 5.41) is 6.92. The van der Waals surface area contributed by atoms with Crippen molar-refractivity contribution in [3.8, 4) is 50.7 Å². The zero-order chi connectivity index (χ0) is 36.3. The van der Waals surface area contributed by atoms with Gasteiger partial charge >= 0.3 is 0 Å². The van der Waals surface area contributed by atoms with Crippen LogP contribution in [0.15, 0.2) is 194 Å². The Morgan fingerprint density at radius 2 is 0.836 bits per heavy atom. The lowest BCUT2D eigenvalue weighted by Crippen LogP contribution is -1.96. The van der Waals surface area contributed by atoms with E-state index < -0.39 is 0 Å². The van der Waals surface area contributed by atoms with Crippen LogP contribution in [-0.2, 0) is 0 Å². The standard InChI is InChI=1S/C51H32N4/c1-3-13-33(14-4-1)34-23-25-35(26-24-34)49-41-18-8-11-21-44(41)53-51(54-49)37-29-27-36(28-30-37)50-48-40(39-17-7-10-20-43(39)52-50)31-32-46-47(48)42-19-9-12-22-45(42)55(46)38-15-5-2-6-16-38/h1-32H. The average molecular weight is 701 g/mol. The molecule has 0 aliphatic heterocycles.